The minimum Gasteiger partial charge on any atom is -0.497 e. The van der Waals surface area contributed by atoms with Crippen LogP contribution in [0.4, 0.5) is 0 Å². The van der Waals surface area contributed by atoms with Gasteiger partial charge in [-0.1, -0.05) is 31.2 Å². The first-order valence-corrected chi connectivity index (χ1v) is 6.90. The lowest BCUT2D eigenvalue weighted by Gasteiger charge is -2.23. The minimum atomic E-state index is -1.24. The van der Waals surface area contributed by atoms with E-state index in [-0.39, 0.29) is 0 Å². The second kappa shape index (κ2) is 5.22. The maximum atomic E-state index is 11.0. The van der Waals surface area contributed by atoms with E-state index in [1.54, 1.807) is 7.11 Å². The molecule has 1 unspecified atom stereocenters. The molecular formula is C17H17NO3. The van der Waals surface area contributed by atoms with E-state index in [2.05, 4.69) is 4.98 Å². The van der Waals surface area contributed by atoms with Gasteiger partial charge in [0.1, 0.15) is 11.3 Å². The summed E-state index contributed by atoms with van der Waals surface area (Å²) in [5, 5.41) is 11.0. The van der Waals surface area contributed by atoms with Gasteiger partial charge < -0.3 is 14.3 Å². The van der Waals surface area contributed by atoms with Gasteiger partial charge in [0.2, 0.25) is 5.89 Å². The van der Waals surface area contributed by atoms with Crippen molar-refractivity contribution in [2.75, 3.05) is 7.11 Å². The Hall–Kier alpha value is -2.33. The van der Waals surface area contributed by atoms with Crippen LogP contribution in [0, 0.1) is 0 Å². The van der Waals surface area contributed by atoms with Crippen LogP contribution in [-0.4, -0.2) is 17.2 Å². The summed E-state index contributed by atoms with van der Waals surface area (Å²) in [7, 11) is 1.61. The van der Waals surface area contributed by atoms with Gasteiger partial charge in [0.15, 0.2) is 11.2 Å². The lowest BCUT2D eigenvalue weighted by Crippen LogP contribution is -2.26. The number of hydrogen-bond donors (Lipinski definition) is 1. The number of oxazole rings is 1. The molecule has 0 spiro atoms. The van der Waals surface area contributed by atoms with E-state index >= 15 is 0 Å². The van der Waals surface area contributed by atoms with Gasteiger partial charge in [0.05, 0.1) is 7.11 Å². The summed E-state index contributed by atoms with van der Waals surface area (Å²) >= 11 is 0. The Morgan fingerprint density at radius 1 is 1.14 bits per heavy atom. The Bertz CT molecular complexity index is 715. The van der Waals surface area contributed by atoms with E-state index in [0.29, 0.717) is 17.9 Å². The van der Waals surface area contributed by atoms with Gasteiger partial charge in [-0.05, 0) is 36.2 Å². The molecule has 1 atom stereocenters. The number of para-hydroxylation sites is 2. The van der Waals surface area contributed by atoms with Crippen LogP contribution in [0.2, 0.25) is 0 Å². The van der Waals surface area contributed by atoms with E-state index in [9.17, 15) is 5.11 Å². The minimum absolute atomic E-state index is 0.316. The van der Waals surface area contributed by atoms with Crippen LogP contribution >= 0.6 is 0 Å². The molecule has 0 fully saturated rings. The number of rotatable bonds is 4. The third kappa shape index (κ3) is 2.28. The van der Waals surface area contributed by atoms with Crippen LogP contribution < -0.4 is 4.74 Å². The molecule has 1 aromatic heterocycles. The average Bonchev–Trinajstić information content (AvgIpc) is 2.98. The molecule has 3 rings (SSSR count). The van der Waals surface area contributed by atoms with Crippen molar-refractivity contribution in [3.05, 3.63) is 60.0 Å². The highest BCUT2D eigenvalue weighted by atomic mass is 16.5. The number of fused-ring (bicyclic) bond motifs is 1. The first-order valence-electron chi connectivity index (χ1n) is 6.90. The maximum Gasteiger partial charge on any atom is 0.232 e. The lowest BCUT2D eigenvalue weighted by atomic mass is 9.91. The van der Waals surface area contributed by atoms with Crippen molar-refractivity contribution in [1.82, 2.24) is 4.98 Å². The third-order valence-electron chi connectivity index (χ3n) is 3.73. The quantitative estimate of drug-likeness (QED) is 0.796. The van der Waals surface area contributed by atoms with E-state index < -0.39 is 5.60 Å². The Balaban J connectivity index is 2.09. The monoisotopic (exact) mass is 283 g/mol. The Kier molecular flexibility index (Phi) is 3.39. The molecule has 1 N–H and O–H groups in total. The molecule has 0 saturated heterocycles. The maximum absolute atomic E-state index is 11.0. The SMILES string of the molecule is CCC(O)(c1ccc(OC)cc1)c1nc2ccccc2o1. The van der Waals surface area contributed by atoms with Crippen molar-refractivity contribution in [2.45, 2.75) is 18.9 Å². The summed E-state index contributed by atoms with van der Waals surface area (Å²) in [5.41, 5.74) is 0.906. The van der Waals surface area contributed by atoms with Crippen LogP contribution in [0.25, 0.3) is 11.1 Å². The predicted molar refractivity (Wildman–Crippen MR) is 80.3 cm³/mol. The molecule has 3 aromatic rings. The van der Waals surface area contributed by atoms with Gasteiger partial charge in [-0.15, -0.1) is 0 Å². The van der Waals surface area contributed by atoms with Gasteiger partial charge in [0.25, 0.3) is 0 Å². The number of nitrogens with zero attached hydrogens (tertiary/aromatic N) is 1. The first kappa shape index (κ1) is 13.6. The lowest BCUT2D eigenvalue weighted by molar-refractivity contribution is 0.0487. The Labute approximate surface area is 123 Å². The van der Waals surface area contributed by atoms with Crippen LogP contribution in [0.1, 0.15) is 24.8 Å². The molecule has 0 amide bonds. The summed E-state index contributed by atoms with van der Waals surface area (Å²) < 4.78 is 10.9. The highest BCUT2D eigenvalue weighted by Crippen LogP contribution is 2.34. The normalized spacial score (nSPS) is 14.0. The number of methoxy groups -OCH3 is 1. The molecular weight excluding hydrogens is 266 g/mol. The first-order chi connectivity index (χ1) is 10.2. The summed E-state index contributed by atoms with van der Waals surface area (Å²) in [5.74, 6) is 1.06. The molecule has 0 saturated carbocycles. The van der Waals surface area contributed by atoms with Gasteiger partial charge in [-0.3, -0.25) is 0 Å². The zero-order valence-corrected chi connectivity index (χ0v) is 12.0. The average molecular weight is 283 g/mol. The van der Waals surface area contributed by atoms with Gasteiger partial charge in [-0.2, -0.15) is 0 Å². The number of ether oxygens (including phenoxy) is 1. The number of aliphatic hydroxyl groups is 1. The molecule has 0 radical (unpaired) electrons. The second-order valence-electron chi connectivity index (χ2n) is 4.93. The highest BCUT2D eigenvalue weighted by Gasteiger charge is 2.35. The summed E-state index contributed by atoms with van der Waals surface area (Å²) in [6.07, 6.45) is 0.464. The van der Waals surface area contributed by atoms with E-state index in [1.807, 2.05) is 55.5 Å². The van der Waals surface area contributed by atoms with E-state index in [4.69, 9.17) is 9.15 Å². The smallest absolute Gasteiger partial charge is 0.232 e. The fourth-order valence-corrected chi connectivity index (χ4v) is 2.39. The summed E-state index contributed by atoms with van der Waals surface area (Å²) in [6.45, 7) is 1.90. The number of aromatic nitrogens is 1. The Morgan fingerprint density at radius 2 is 1.86 bits per heavy atom. The van der Waals surface area contributed by atoms with E-state index in [0.717, 1.165) is 16.8 Å². The molecule has 21 heavy (non-hydrogen) atoms. The van der Waals surface area contributed by atoms with Gasteiger partial charge in [0, 0.05) is 0 Å². The molecule has 0 aliphatic rings. The topological polar surface area (TPSA) is 55.5 Å². The largest absolute Gasteiger partial charge is 0.497 e. The fraction of sp³-hybridized carbons (Fsp3) is 0.235. The zero-order chi connectivity index (χ0) is 14.9. The van der Waals surface area contributed by atoms with Crippen LogP contribution in [0.5, 0.6) is 5.75 Å². The third-order valence-corrected chi connectivity index (χ3v) is 3.73. The Morgan fingerprint density at radius 3 is 2.48 bits per heavy atom. The summed E-state index contributed by atoms with van der Waals surface area (Å²) in [6, 6.07) is 14.8. The van der Waals surface area contributed by atoms with E-state index in [1.165, 1.54) is 0 Å². The second-order valence-corrected chi connectivity index (χ2v) is 4.93. The molecule has 108 valence electrons. The van der Waals surface area contributed by atoms with Crippen molar-refractivity contribution < 1.29 is 14.3 Å². The van der Waals surface area contributed by atoms with Crippen molar-refractivity contribution >= 4 is 11.1 Å². The molecule has 2 aromatic carbocycles. The predicted octanol–water partition coefficient (Wildman–Crippen LogP) is 3.48. The highest BCUT2D eigenvalue weighted by molar-refractivity contribution is 5.72. The zero-order valence-electron chi connectivity index (χ0n) is 12.0. The molecule has 0 bridgehead atoms. The van der Waals surface area contributed by atoms with Crippen LogP contribution in [0.3, 0.4) is 0 Å². The fourth-order valence-electron chi connectivity index (χ4n) is 2.39. The van der Waals surface area contributed by atoms with Gasteiger partial charge >= 0.3 is 0 Å². The number of benzene rings is 2. The summed E-state index contributed by atoms with van der Waals surface area (Å²) in [4.78, 5) is 4.43. The van der Waals surface area contributed by atoms with Crippen molar-refractivity contribution in [3.63, 3.8) is 0 Å². The molecule has 4 nitrogen and oxygen atoms in total. The van der Waals surface area contributed by atoms with Crippen molar-refractivity contribution in [1.29, 1.82) is 0 Å². The van der Waals surface area contributed by atoms with Crippen LogP contribution in [0.15, 0.2) is 52.9 Å². The van der Waals surface area contributed by atoms with Crippen molar-refractivity contribution in [3.8, 4) is 5.75 Å². The van der Waals surface area contributed by atoms with Crippen LogP contribution in [-0.2, 0) is 5.60 Å². The molecule has 0 aliphatic carbocycles. The molecule has 1 heterocycles. The van der Waals surface area contributed by atoms with Gasteiger partial charge in [-0.25, -0.2) is 4.98 Å². The van der Waals surface area contributed by atoms with Crippen molar-refractivity contribution in [2.24, 2.45) is 0 Å². The standard InChI is InChI=1S/C17H17NO3/c1-3-17(19,12-8-10-13(20-2)11-9-12)16-18-14-6-4-5-7-15(14)21-16/h4-11,19H,3H2,1-2H3. The molecule has 0 aliphatic heterocycles. The molecule has 4 heteroatoms. The number of hydrogen-bond acceptors (Lipinski definition) is 4.